The summed E-state index contributed by atoms with van der Waals surface area (Å²) in [6.45, 7) is 0.177. The van der Waals surface area contributed by atoms with Gasteiger partial charge in [0.2, 0.25) is 5.09 Å². The van der Waals surface area contributed by atoms with Gasteiger partial charge in [-0.15, -0.1) is 0 Å². The molecule has 0 bridgehead atoms. The molecule has 1 heterocycles. The third-order valence-electron chi connectivity index (χ3n) is 2.70. The number of aldehydes is 1. The highest BCUT2D eigenvalue weighted by Crippen LogP contribution is 2.19. The van der Waals surface area contributed by atoms with Gasteiger partial charge in [0.05, 0.1) is 0 Å². The Balaban J connectivity index is 2.20. The van der Waals surface area contributed by atoms with Gasteiger partial charge in [0, 0.05) is 18.6 Å². The molecular formula is C13H12ClNO4S. The number of nitrogens with zero attached hydrogens (tertiary/aromatic N) is 1. The van der Waals surface area contributed by atoms with Gasteiger partial charge in [-0.3, -0.25) is 4.79 Å². The molecule has 0 spiro atoms. The first-order valence-corrected chi connectivity index (χ1v) is 7.51. The zero-order valence-corrected chi connectivity index (χ0v) is 12.2. The van der Waals surface area contributed by atoms with Gasteiger partial charge in [-0.25, -0.2) is 8.42 Å². The standard InChI is InChI=1S/C13H12ClNO4S/c1-15(8-10-2-4-11(14)5-3-10)20(17,18)13-7-6-12(9-16)19-13/h2-7,9H,8H2,1H3. The van der Waals surface area contributed by atoms with E-state index in [0.717, 1.165) is 9.87 Å². The maximum absolute atomic E-state index is 12.2. The molecule has 1 aromatic carbocycles. The predicted octanol–water partition coefficient (Wildman–Crippen LogP) is 2.57. The summed E-state index contributed by atoms with van der Waals surface area (Å²) in [5.74, 6) is -0.0246. The second-order valence-electron chi connectivity index (χ2n) is 4.16. The predicted molar refractivity (Wildman–Crippen MR) is 74.2 cm³/mol. The van der Waals surface area contributed by atoms with Crippen LogP contribution < -0.4 is 0 Å². The normalized spacial score (nSPS) is 11.8. The number of hydrogen-bond donors (Lipinski definition) is 0. The average molecular weight is 314 g/mol. The van der Waals surface area contributed by atoms with Crippen molar-refractivity contribution in [1.29, 1.82) is 0 Å². The summed E-state index contributed by atoms with van der Waals surface area (Å²) in [6.07, 6.45) is 0.457. The third kappa shape index (κ3) is 3.09. The van der Waals surface area contributed by atoms with E-state index < -0.39 is 10.0 Å². The van der Waals surface area contributed by atoms with Gasteiger partial charge in [0.15, 0.2) is 12.0 Å². The van der Waals surface area contributed by atoms with Crippen LogP contribution in [0.1, 0.15) is 16.1 Å². The third-order valence-corrected chi connectivity index (χ3v) is 4.63. The largest absolute Gasteiger partial charge is 0.440 e. The van der Waals surface area contributed by atoms with Crippen LogP contribution in [0.5, 0.6) is 0 Å². The van der Waals surface area contributed by atoms with Crippen molar-refractivity contribution in [1.82, 2.24) is 4.31 Å². The molecule has 0 unspecified atom stereocenters. The van der Waals surface area contributed by atoms with Crippen LogP contribution in [0.25, 0.3) is 0 Å². The summed E-state index contributed by atoms with van der Waals surface area (Å²) in [5.41, 5.74) is 0.794. The molecule has 2 aromatic rings. The number of rotatable bonds is 5. The molecule has 0 aliphatic carbocycles. The van der Waals surface area contributed by atoms with Gasteiger partial charge in [-0.05, 0) is 29.8 Å². The Morgan fingerprint density at radius 3 is 2.40 bits per heavy atom. The number of furan rings is 1. The molecule has 5 nitrogen and oxygen atoms in total. The molecule has 0 radical (unpaired) electrons. The van der Waals surface area contributed by atoms with Crippen LogP contribution in [0.15, 0.2) is 45.9 Å². The Bertz CT molecular complexity index is 706. The van der Waals surface area contributed by atoms with Crippen molar-refractivity contribution in [2.24, 2.45) is 0 Å². The fraction of sp³-hybridized carbons (Fsp3) is 0.154. The van der Waals surface area contributed by atoms with Crippen LogP contribution in [0.2, 0.25) is 5.02 Å². The van der Waals surface area contributed by atoms with Crippen LogP contribution in [0.4, 0.5) is 0 Å². The van der Waals surface area contributed by atoms with Gasteiger partial charge in [-0.1, -0.05) is 23.7 Å². The highest BCUT2D eigenvalue weighted by atomic mass is 35.5. The molecular weight excluding hydrogens is 302 g/mol. The molecule has 0 aliphatic rings. The summed E-state index contributed by atoms with van der Waals surface area (Å²) in [4.78, 5) is 10.5. The van der Waals surface area contributed by atoms with Crippen molar-refractivity contribution < 1.29 is 17.6 Å². The number of halogens is 1. The first kappa shape index (κ1) is 14.8. The van der Waals surface area contributed by atoms with E-state index in [-0.39, 0.29) is 17.4 Å². The smallest absolute Gasteiger partial charge is 0.276 e. The number of benzene rings is 1. The van der Waals surface area contributed by atoms with Crippen LogP contribution >= 0.6 is 11.6 Å². The zero-order chi connectivity index (χ0) is 14.8. The fourth-order valence-electron chi connectivity index (χ4n) is 1.62. The Morgan fingerprint density at radius 2 is 1.85 bits per heavy atom. The quantitative estimate of drug-likeness (QED) is 0.796. The molecule has 7 heteroatoms. The second kappa shape index (κ2) is 5.78. The lowest BCUT2D eigenvalue weighted by Gasteiger charge is -2.15. The minimum absolute atomic E-state index is 0.0246. The van der Waals surface area contributed by atoms with E-state index in [4.69, 9.17) is 16.0 Å². The Hall–Kier alpha value is -1.63. The first-order chi connectivity index (χ1) is 9.43. The molecule has 0 saturated heterocycles. The van der Waals surface area contributed by atoms with Crippen molar-refractivity contribution >= 4 is 27.9 Å². The summed E-state index contributed by atoms with van der Waals surface area (Å²) in [5, 5.41) is 0.331. The minimum atomic E-state index is -3.76. The molecule has 2 rings (SSSR count). The van der Waals surface area contributed by atoms with Crippen LogP contribution in [-0.2, 0) is 16.6 Å². The Morgan fingerprint density at radius 1 is 1.20 bits per heavy atom. The van der Waals surface area contributed by atoms with Crippen molar-refractivity contribution in [3.8, 4) is 0 Å². The summed E-state index contributed by atoms with van der Waals surface area (Å²) in [7, 11) is -2.32. The SMILES string of the molecule is CN(Cc1ccc(Cl)cc1)S(=O)(=O)c1ccc(C=O)o1. The van der Waals surface area contributed by atoms with E-state index >= 15 is 0 Å². The maximum Gasteiger partial charge on any atom is 0.276 e. The van der Waals surface area contributed by atoms with Crippen molar-refractivity contribution in [3.05, 3.63) is 52.7 Å². The molecule has 20 heavy (non-hydrogen) atoms. The van der Waals surface area contributed by atoms with E-state index in [1.807, 2.05) is 0 Å². The molecule has 0 atom stereocenters. The van der Waals surface area contributed by atoms with Gasteiger partial charge >= 0.3 is 0 Å². The highest BCUT2D eigenvalue weighted by Gasteiger charge is 2.24. The number of hydrogen-bond acceptors (Lipinski definition) is 4. The summed E-state index contributed by atoms with van der Waals surface area (Å²) >= 11 is 5.77. The van der Waals surface area contributed by atoms with Crippen LogP contribution in [0, 0.1) is 0 Å². The highest BCUT2D eigenvalue weighted by molar-refractivity contribution is 7.88. The number of sulfonamides is 1. The average Bonchev–Trinajstić information content (AvgIpc) is 2.90. The van der Waals surface area contributed by atoms with Gasteiger partial charge in [-0.2, -0.15) is 4.31 Å². The fourth-order valence-corrected chi connectivity index (χ4v) is 2.82. The lowest BCUT2D eigenvalue weighted by molar-refractivity contribution is 0.109. The van der Waals surface area contributed by atoms with E-state index in [2.05, 4.69) is 0 Å². The van der Waals surface area contributed by atoms with Crippen molar-refractivity contribution in [2.45, 2.75) is 11.6 Å². The molecule has 0 saturated carbocycles. The lowest BCUT2D eigenvalue weighted by Crippen LogP contribution is -2.26. The molecule has 0 amide bonds. The second-order valence-corrected chi connectivity index (χ2v) is 6.57. The van der Waals surface area contributed by atoms with Gasteiger partial charge in [0.1, 0.15) is 0 Å². The van der Waals surface area contributed by atoms with Crippen LogP contribution in [0.3, 0.4) is 0 Å². The Labute approximate surface area is 121 Å². The maximum atomic E-state index is 12.2. The Kier molecular flexibility index (Phi) is 4.27. The molecule has 106 valence electrons. The number of carbonyl (C=O) groups is 1. The summed E-state index contributed by atoms with van der Waals surface area (Å²) in [6, 6.07) is 9.44. The monoisotopic (exact) mass is 313 g/mol. The topological polar surface area (TPSA) is 67.6 Å². The number of carbonyl (C=O) groups excluding carboxylic acids is 1. The molecule has 0 aliphatic heterocycles. The minimum Gasteiger partial charge on any atom is -0.440 e. The van der Waals surface area contributed by atoms with Crippen molar-refractivity contribution in [2.75, 3.05) is 7.05 Å². The van der Waals surface area contributed by atoms with E-state index in [9.17, 15) is 13.2 Å². The first-order valence-electron chi connectivity index (χ1n) is 5.69. The molecule has 1 aromatic heterocycles. The lowest BCUT2D eigenvalue weighted by atomic mass is 10.2. The van der Waals surface area contributed by atoms with Crippen LogP contribution in [-0.4, -0.2) is 26.1 Å². The van der Waals surface area contributed by atoms with Gasteiger partial charge in [0.25, 0.3) is 10.0 Å². The zero-order valence-electron chi connectivity index (χ0n) is 10.6. The van der Waals surface area contributed by atoms with E-state index in [0.29, 0.717) is 11.3 Å². The molecule has 0 N–H and O–H groups in total. The van der Waals surface area contributed by atoms with E-state index in [1.165, 1.54) is 19.2 Å². The summed E-state index contributed by atoms with van der Waals surface area (Å²) < 4.78 is 30.5. The van der Waals surface area contributed by atoms with Gasteiger partial charge < -0.3 is 4.42 Å². The molecule has 0 fully saturated rings. The van der Waals surface area contributed by atoms with Crippen molar-refractivity contribution in [3.63, 3.8) is 0 Å². The van der Waals surface area contributed by atoms with E-state index in [1.54, 1.807) is 24.3 Å².